The van der Waals surface area contributed by atoms with Crippen molar-refractivity contribution in [1.29, 1.82) is 0 Å². The smallest absolute Gasteiger partial charge is 0.338 e. The molecule has 8 nitrogen and oxygen atoms in total. The molecule has 0 N–H and O–H groups in total. The molecule has 10 heteroatoms. The molecule has 4 aromatic rings. The lowest BCUT2D eigenvalue weighted by atomic mass is 9.96. The van der Waals surface area contributed by atoms with Gasteiger partial charge >= 0.3 is 11.9 Å². The number of aromatic nitrogens is 1. The predicted molar refractivity (Wildman–Crippen MR) is 147 cm³/mol. The normalized spacial score (nSPS) is 15.1. The van der Waals surface area contributed by atoms with Gasteiger partial charge in [-0.3, -0.25) is 9.36 Å². The van der Waals surface area contributed by atoms with E-state index in [-0.39, 0.29) is 17.7 Å². The number of esters is 2. The average Bonchev–Trinajstić information content (AvgIpc) is 3.52. The van der Waals surface area contributed by atoms with E-state index in [1.807, 2.05) is 0 Å². The van der Waals surface area contributed by atoms with Crippen molar-refractivity contribution < 1.29 is 23.5 Å². The number of benzene rings is 2. The molecule has 0 saturated heterocycles. The monoisotopic (exact) mass is 562 g/mol. The molecule has 0 unspecified atom stereocenters. The Balaban J connectivity index is 1.62. The fraction of sp³-hybridized carbons (Fsp3) is 0.172. The maximum absolute atomic E-state index is 13.7. The van der Waals surface area contributed by atoms with Gasteiger partial charge in [-0.25, -0.2) is 14.6 Å². The van der Waals surface area contributed by atoms with E-state index in [4.69, 9.17) is 25.5 Å². The van der Waals surface area contributed by atoms with Gasteiger partial charge in [-0.05, 0) is 49.7 Å². The first-order chi connectivity index (χ1) is 18.8. The van der Waals surface area contributed by atoms with Crippen molar-refractivity contribution in [2.24, 2.45) is 4.99 Å². The molecule has 1 aliphatic heterocycles. The lowest BCUT2D eigenvalue weighted by molar-refractivity contribution is -0.139. The van der Waals surface area contributed by atoms with Crippen LogP contribution in [0.25, 0.3) is 17.4 Å². The number of carbonyl (C=O) groups excluding carboxylic acids is 2. The molecule has 5 rings (SSSR count). The summed E-state index contributed by atoms with van der Waals surface area (Å²) in [6, 6.07) is 16.6. The van der Waals surface area contributed by atoms with Crippen LogP contribution in [0, 0.1) is 0 Å². The molecular formula is C29H23ClN2O6S. The summed E-state index contributed by atoms with van der Waals surface area (Å²) in [6.07, 6.45) is 1.62. The number of carbonyl (C=O) groups is 2. The van der Waals surface area contributed by atoms with Gasteiger partial charge < -0.3 is 13.9 Å². The fourth-order valence-electron chi connectivity index (χ4n) is 4.44. The van der Waals surface area contributed by atoms with Crippen LogP contribution >= 0.6 is 22.9 Å². The first-order valence-corrected chi connectivity index (χ1v) is 13.2. The number of furan rings is 1. The lowest BCUT2D eigenvalue weighted by Gasteiger charge is -2.24. The summed E-state index contributed by atoms with van der Waals surface area (Å²) in [6.45, 7) is 3.64. The molecule has 0 fully saturated rings. The quantitative estimate of drug-likeness (QED) is 0.321. The zero-order chi connectivity index (χ0) is 27.7. The third kappa shape index (κ3) is 4.98. The highest BCUT2D eigenvalue weighted by Crippen LogP contribution is 2.31. The number of fused-ring (bicyclic) bond motifs is 1. The largest absolute Gasteiger partial charge is 0.465 e. The van der Waals surface area contributed by atoms with E-state index < -0.39 is 18.0 Å². The maximum atomic E-state index is 13.7. The topological polar surface area (TPSA) is 100 Å². The third-order valence-corrected chi connectivity index (χ3v) is 7.44. The summed E-state index contributed by atoms with van der Waals surface area (Å²) in [5.74, 6) is -0.145. The van der Waals surface area contributed by atoms with Crippen LogP contribution in [0.3, 0.4) is 0 Å². The van der Waals surface area contributed by atoms with Crippen molar-refractivity contribution in [2.45, 2.75) is 19.9 Å². The number of nitrogens with zero attached hydrogens (tertiary/aromatic N) is 2. The van der Waals surface area contributed by atoms with Crippen molar-refractivity contribution in [1.82, 2.24) is 4.57 Å². The summed E-state index contributed by atoms with van der Waals surface area (Å²) < 4.78 is 18.1. The van der Waals surface area contributed by atoms with Crippen molar-refractivity contribution in [3.8, 4) is 11.3 Å². The van der Waals surface area contributed by atoms with Crippen LogP contribution in [0.15, 0.2) is 86.1 Å². The Morgan fingerprint density at radius 2 is 1.85 bits per heavy atom. The van der Waals surface area contributed by atoms with Gasteiger partial charge in [0.15, 0.2) is 4.80 Å². The van der Waals surface area contributed by atoms with Gasteiger partial charge in [0.1, 0.15) is 11.5 Å². The van der Waals surface area contributed by atoms with Gasteiger partial charge in [-0.15, -0.1) is 0 Å². The average molecular weight is 563 g/mol. The Hall–Kier alpha value is -4.21. The summed E-state index contributed by atoms with van der Waals surface area (Å²) in [5, 5.41) is 0.534. The summed E-state index contributed by atoms with van der Waals surface area (Å²) in [4.78, 5) is 43.9. The molecule has 2 aromatic carbocycles. The number of ether oxygens (including phenoxy) is 2. The molecule has 3 heterocycles. The van der Waals surface area contributed by atoms with Crippen molar-refractivity contribution >= 4 is 41.0 Å². The second-order valence-corrected chi connectivity index (χ2v) is 10.0. The first-order valence-electron chi connectivity index (χ1n) is 12.0. The van der Waals surface area contributed by atoms with E-state index in [2.05, 4.69) is 4.99 Å². The highest BCUT2D eigenvalue weighted by molar-refractivity contribution is 7.07. The summed E-state index contributed by atoms with van der Waals surface area (Å²) in [7, 11) is 1.32. The highest BCUT2D eigenvalue weighted by atomic mass is 35.5. The molecule has 1 atom stereocenters. The zero-order valence-electron chi connectivity index (χ0n) is 21.3. The Morgan fingerprint density at radius 1 is 1.10 bits per heavy atom. The van der Waals surface area contributed by atoms with Crippen molar-refractivity contribution in [2.75, 3.05) is 13.7 Å². The molecule has 0 bridgehead atoms. The summed E-state index contributed by atoms with van der Waals surface area (Å²) >= 11 is 7.29. The highest BCUT2D eigenvalue weighted by Gasteiger charge is 2.33. The second-order valence-electron chi connectivity index (χ2n) is 8.59. The predicted octanol–water partition coefficient (Wildman–Crippen LogP) is 4.50. The minimum Gasteiger partial charge on any atom is -0.465 e. The Labute approximate surface area is 232 Å². The second kappa shape index (κ2) is 10.9. The Morgan fingerprint density at radius 3 is 2.56 bits per heavy atom. The van der Waals surface area contributed by atoms with Crippen LogP contribution < -0.4 is 14.9 Å². The maximum Gasteiger partial charge on any atom is 0.338 e. The minimum absolute atomic E-state index is 0.188. The molecule has 39 heavy (non-hydrogen) atoms. The number of methoxy groups -OCH3 is 1. The summed E-state index contributed by atoms with van der Waals surface area (Å²) in [5.41, 5.74) is 2.07. The van der Waals surface area contributed by atoms with E-state index in [0.717, 1.165) is 0 Å². The van der Waals surface area contributed by atoms with Gasteiger partial charge in [-0.2, -0.15) is 0 Å². The standard InChI is InChI=1S/C29H23ClN2O6S/c1-4-37-28(35)24-16(2)31-29-32(25(24)17-9-11-18(30)12-10-17)26(33)23(39-29)15-19-13-14-22(38-19)20-7-5-6-8-21(20)27(34)36-3/h5-15,25H,4H2,1-3H3/b23-15-/t25-/m0/s1. The number of hydrogen-bond donors (Lipinski definition) is 0. The zero-order valence-corrected chi connectivity index (χ0v) is 22.8. The van der Waals surface area contributed by atoms with Crippen LogP contribution in [-0.2, 0) is 14.3 Å². The number of thiazole rings is 1. The van der Waals surface area contributed by atoms with E-state index in [1.165, 1.54) is 23.0 Å². The van der Waals surface area contributed by atoms with Crippen LogP contribution in [0.1, 0.15) is 41.6 Å². The van der Waals surface area contributed by atoms with Crippen molar-refractivity contribution in [3.63, 3.8) is 0 Å². The first kappa shape index (κ1) is 26.4. The third-order valence-electron chi connectivity index (χ3n) is 6.20. The number of allylic oxidation sites excluding steroid dienone is 1. The van der Waals surface area contributed by atoms with Crippen molar-refractivity contribution in [3.05, 3.63) is 114 Å². The number of halogens is 1. The van der Waals surface area contributed by atoms with E-state index in [0.29, 0.717) is 48.3 Å². The molecule has 0 radical (unpaired) electrons. The van der Waals surface area contributed by atoms with Crippen LogP contribution in [0.5, 0.6) is 0 Å². The van der Waals surface area contributed by atoms with Crippen LogP contribution in [0.4, 0.5) is 0 Å². The molecular weight excluding hydrogens is 540 g/mol. The van der Waals surface area contributed by atoms with Crippen LogP contribution in [0.2, 0.25) is 5.02 Å². The molecule has 1 aliphatic rings. The van der Waals surface area contributed by atoms with E-state index in [9.17, 15) is 14.4 Å². The molecule has 0 amide bonds. The van der Waals surface area contributed by atoms with Gasteiger partial charge in [0, 0.05) is 16.7 Å². The van der Waals surface area contributed by atoms with Gasteiger partial charge in [-0.1, -0.05) is 53.3 Å². The molecule has 2 aromatic heterocycles. The minimum atomic E-state index is -0.737. The fourth-order valence-corrected chi connectivity index (χ4v) is 5.59. The SMILES string of the molecule is CCOC(=O)C1=C(C)N=c2s/c(=C\c3ccc(-c4ccccc4C(=O)OC)o3)c(=O)n2[C@H]1c1ccc(Cl)cc1. The molecule has 0 spiro atoms. The Bertz CT molecular complexity index is 1800. The molecule has 198 valence electrons. The van der Waals surface area contributed by atoms with E-state index in [1.54, 1.807) is 80.6 Å². The molecule has 0 aliphatic carbocycles. The lowest BCUT2D eigenvalue weighted by Crippen LogP contribution is -2.39. The Kier molecular flexibility index (Phi) is 7.36. The van der Waals surface area contributed by atoms with Gasteiger partial charge in [0.2, 0.25) is 0 Å². The number of hydrogen-bond acceptors (Lipinski definition) is 8. The van der Waals surface area contributed by atoms with E-state index >= 15 is 0 Å². The molecule has 0 saturated carbocycles. The van der Waals surface area contributed by atoms with Crippen LogP contribution in [-0.4, -0.2) is 30.2 Å². The van der Waals surface area contributed by atoms with Gasteiger partial charge in [0.05, 0.1) is 41.1 Å². The van der Waals surface area contributed by atoms with Gasteiger partial charge in [0.25, 0.3) is 5.56 Å². The number of rotatable bonds is 6.